The molecule has 2 heterocycles. The maximum atomic E-state index is 5.41. The van der Waals surface area contributed by atoms with Gasteiger partial charge in [0.15, 0.2) is 0 Å². The number of aromatic nitrogens is 2. The molecule has 5 heteroatoms. The zero-order chi connectivity index (χ0) is 14.5. The lowest BCUT2D eigenvalue weighted by molar-refractivity contribution is 0.341. The van der Waals surface area contributed by atoms with E-state index in [1.165, 1.54) is 19.3 Å². The molecule has 0 radical (unpaired) electrons. The van der Waals surface area contributed by atoms with Crippen LogP contribution in [0.1, 0.15) is 25.2 Å². The van der Waals surface area contributed by atoms with Crippen LogP contribution in [0, 0.1) is 5.92 Å². The van der Waals surface area contributed by atoms with Crippen LogP contribution in [0.4, 0.5) is 0 Å². The molecule has 1 unspecified atom stereocenters. The number of ether oxygens (including phenoxy) is 1. The van der Waals surface area contributed by atoms with E-state index in [-0.39, 0.29) is 0 Å². The van der Waals surface area contributed by atoms with Crippen LogP contribution >= 0.6 is 0 Å². The van der Waals surface area contributed by atoms with Gasteiger partial charge in [-0.2, -0.15) is 4.98 Å². The molecule has 1 saturated heterocycles. The number of nitrogens with zero attached hydrogens (tertiary/aromatic N) is 2. The average molecular weight is 287 g/mol. The van der Waals surface area contributed by atoms with Crippen molar-refractivity contribution in [1.82, 2.24) is 15.5 Å². The lowest BCUT2D eigenvalue weighted by Crippen LogP contribution is -2.14. The molecule has 0 bridgehead atoms. The van der Waals surface area contributed by atoms with Crippen molar-refractivity contribution in [2.45, 2.75) is 25.7 Å². The minimum absolute atomic E-state index is 0.643. The van der Waals surface area contributed by atoms with Crippen LogP contribution in [0.15, 0.2) is 28.8 Å². The Hall–Kier alpha value is -1.88. The molecule has 1 atom stereocenters. The second-order valence-corrected chi connectivity index (χ2v) is 5.49. The summed E-state index contributed by atoms with van der Waals surface area (Å²) in [5, 5.41) is 7.51. The van der Waals surface area contributed by atoms with E-state index in [9.17, 15) is 0 Å². The molecule has 1 aromatic carbocycles. The van der Waals surface area contributed by atoms with E-state index in [0.29, 0.717) is 11.7 Å². The Labute approximate surface area is 124 Å². The highest BCUT2D eigenvalue weighted by atomic mass is 16.5. The Morgan fingerprint density at radius 2 is 2.10 bits per heavy atom. The molecule has 2 aromatic rings. The molecule has 0 amide bonds. The van der Waals surface area contributed by atoms with E-state index in [1.807, 2.05) is 24.3 Å². The molecule has 1 N–H and O–H groups in total. The van der Waals surface area contributed by atoms with Crippen LogP contribution in [-0.2, 0) is 6.42 Å². The van der Waals surface area contributed by atoms with Gasteiger partial charge in [-0.15, -0.1) is 0 Å². The molecule has 0 spiro atoms. The minimum atomic E-state index is 0.643. The number of benzene rings is 1. The van der Waals surface area contributed by atoms with Gasteiger partial charge in [0, 0.05) is 12.0 Å². The summed E-state index contributed by atoms with van der Waals surface area (Å²) in [4.78, 5) is 4.52. The summed E-state index contributed by atoms with van der Waals surface area (Å²) in [6, 6.07) is 7.71. The predicted octanol–water partition coefficient (Wildman–Crippen LogP) is 2.68. The van der Waals surface area contributed by atoms with Gasteiger partial charge in [-0.1, -0.05) is 5.16 Å². The van der Waals surface area contributed by atoms with Crippen molar-refractivity contribution in [3.63, 3.8) is 0 Å². The van der Waals surface area contributed by atoms with Crippen molar-refractivity contribution in [1.29, 1.82) is 0 Å². The largest absolute Gasteiger partial charge is 0.497 e. The smallest absolute Gasteiger partial charge is 0.227 e. The van der Waals surface area contributed by atoms with Crippen LogP contribution in [0.5, 0.6) is 5.75 Å². The van der Waals surface area contributed by atoms with Crippen molar-refractivity contribution in [2.75, 3.05) is 20.2 Å². The average Bonchev–Trinajstić information content (AvgIpc) is 2.83. The van der Waals surface area contributed by atoms with Crippen molar-refractivity contribution in [2.24, 2.45) is 5.92 Å². The molecule has 1 aromatic heterocycles. The summed E-state index contributed by atoms with van der Waals surface area (Å²) in [7, 11) is 1.66. The first-order valence-electron chi connectivity index (χ1n) is 7.53. The van der Waals surface area contributed by atoms with E-state index in [1.54, 1.807) is 7.11 Å². The van der Waals surface area contributed by atoms with E-state index in [0.717, 1.165) is 36.7 Å². The topological polar surface area (TPSA) is 60.2 Å². The Morgan fingerprint density at radius 3 is 2.90 bits per heavy atom. The first kappa shape index (κ1) is 14.1. The predicted molar refractivity (Wildman–Crippen MR) is 80.2 cm³/mol. The van der Waals surface area contributed by atoms with E-state index >= 15 is 0 Å². The molecule has 21 heavy (non-hydrogen) atoms. The number of rotatable bonds is 4. The summed E-state index contributed by atoms with van der Waals surface area (Å²) < 4.78 is 10.6. The van der Waals surface area contributed by atoms with Gasteiger partial charge in [0.2, 0.25) is 11.7 Å². The summed E-state index contributed by atoms with van der Waals surface area (Å²) in [5.74, 6) is 2.87. The second-order valence-electron chi connectivity index (χ2n) is 5.49. The van der Waals surface area contributed by atoms with Crippen molar-refractivity contribution in [3.8, 4) is 17.1 Å². The molecule has 1 fully saturated rings. The summed E-state index contributed by atoms with van der Waals surface area (Å²) >= 11 is 0. The van der Waals surface area contributed by atoms with Crippen LogP contribution in [0.3, 0.4) is 0 Å². The highest BCUT2D eigenvalue weighted by Crippen LogP contribution is 2.22. The Morgan fingerprint density at radius 1 is 1.24 bits per heavy atom. The van der Waals surface area contributed by atoms with Gasteiger partial charge in [0.05, 0.1) is 7.11 Å². The highest BCUT2D eigenvalue weighted by molar-refractivity contribution is 5.55. The fraction of sp³-hybridized carbons (Fsp3) is 0.500. The van der Waals surface area contributed by atoms with Crippen molar-refractivity contribution in [3.05, 3.63) is 30.2 Å². The lowest BCUT2D eigenvalue weighted by atomic mass is 9.97. The summed E-state index contributed by atoms with van der Waals surface area (Å²) in [5.41, 5.74) is 0.952. The van der Waals surface area contributed by atoms with Crippen LogP contribution in [0.25, 0.3) is 11.4 Å². The van der Waals surface area contributed by atoms with Gasteiger partial charge in [-0.25, -0.2) is 0 Å². The fourth-order valence-electron chi connectivity index (χ4n) is 2.74. The van der Waals surface area contributed by atoms with Gasteiger partial charge >= 0.3 is 0 Å². The third kappa shape index (κ3) is 3.61. The molecular formula is C16H21N3O2. The van der Waals surface area contributed by atoms with E-state index in [2.05, 4.69) is 15.5 Å². The maximum Gasteiger partial charge on any atom is 0.227 e. The SMILES string of the molecule is COc1ccc(-c2noc(CC3CCCNCC3)n2)cc1. The van der Waals surface area contributed by atoms with Crippen LogP contribution in [-0.4, -0.2) is 30.3 Å². The van der Waals surface area contributed by atoms with Crippen molar-refractivity contribution < 1.29 is 9.26 Å². The molecule has 0 aliphatic carbocycles. The third-order valence-electron chi connectivity index (χ3n) is 3.97. The summed E-state index contributed by atoms with van der Waals surface area (Å²) in [6.07, 6.45) is 4.52. The number of hydrogen-bond donors (Lipinski definition) is 1. The standard InChI is InChI=1S/C16H21N3O2/c1-20-14-6-4-13(5-7-14)16-18-15(21-19-16)11-12-3-2-9-17-10-8-12/h4-7,12,17H,2-3,8-11H2,1H3. The van der Waals surface area contributed by atoms with Crippen molar-refractivity contribution >= 4 is 0 Å². The maximum absolute atomic E-state index is 5.41. The zero-order valence-electron chi connectivity index (χ0n) is 12.3. The molecule has 1 aliphatic rings. The second kappa shape index (κ2) is 6.72. The number of methoxy groups -OCH3 is 1. The van der Waals surface area contributed by atoms with Gasteiger partial charge in [0.25, 0.3) is 0 Å². The minimum Gasteiger partial charge on any atom is -0.497 e. The van der Waals surface area contributed by atoms with Gasteiger partial charge in [-0.05, 0) is 62.5 Å². The quantitative estimate of drug-likeness (QED) is 0.937. The molecule has 5 nitrogen and oxygen atoms in total. The first-order chi connectivity index (χ1) is 10.3. The molecule has 3 rings (SSSR count). The normalized spacial score (nSPS) is 19.2. The number of hydrogen-bond acceptors (Lipinski definition) is 5. The zero-order valence-corrected chi connectivity index (χ0v) is 12.3. The molecular weight excluding hydrogens is 266 g/mol. The van der Waals surface area contributed by atoms with Crippen LogP contribution in [0.2, 0.25) is 0 Å². The molecule has 0 saturated carbocycles. The number of nitrogens with one attached hydrogen (secondary N) is 1. The Balaban J connectivity index is 1.67. The van der Waals surface area contributed by atoms with Gasteiger partial charge in [0.1, 0.15) is 5.75 Å². The Bertz CT molecular complexity index is 557. The first-order valence-corrected chi connectivity index (χ1v) is 7.53. The molecule has 112 valence electrons. The fourth-order valence-corrected chi connectivity index (χ4v) is 2.74. The molecule has 1 aliphatic heterocycles. The van der Waals surface area contributed by atoms with Gasteiger partial charge in [-0.3, -0.25) is 0 Å². The van der Waals surface area contributed by atoms with E-state index in [4.69, 9.17) is 9.26 Å². The van der Waals surface area contributed by atoms with Crippen LogP contribution < -0.4 is 10.1 Å². The highest BCUT2D eigenvalue weighted by Gasteiger charge is 2.17. The van der Waals surface area contributed by atoms with E-state index < -0.39 is 0 Å². The Kier molecular flexibility index (Phi) is 4.50. The third-order valence-corrected chi connectivity index (χ3v) is 3.97. The lowest BCUT2D eigenvalue weighted by Gasteiger charge is -2.09. The van der Waals surface area contributed by atoms with Gasteiger partial charge < -0.3 is 14.6 Å². The monoisotopic (exact) mass is 287 g/mol. The summed E-state index contributed by atoms with van der Waals surface area (Å²) in [6.45, 7) is 2.21.